The quantitative estimate of drug-likeness (QED) is 0.487. The van der Waals surface area contributed by atoms with Crippen LogP contribution in [0.2, 0.25) is 0 Å². The summed E-state index contributed by atoms with van der Waals surface area (Å²) in [5, 5.41) is 0. The molecule has 0 unspecified atom stereocenters. The van der Waals surface area contributed by atoms with Crippen molar-refractivity contribution in [3.8, 4) is 5.75 Å². The largest absolute Gasteiger partial charge is 0.573 e. The fourth-order valence-electron chi connectivity index (χ4n) is 2.00. The average Bonchev–Trinajstić information content (AvgIpc) is 2.56. The SMILES string of the molecule is CC.CC.CCCCCCN(C)Cc1ccc(OC(F)(F)F)cc1. The second-order valence-electron chi connectivity index (χ2n) is 4.99. The van der Waals surface area contributed by atoms with Crippen LogP contribution >= 0.6 is 0 Å². The van der Waals surface area contributed by atoms with Gasteiger partial charge in [-0.2, -0.15) is 0 Å². The summed E-state index contributed by atoms with van der Waals surface area (Å²) >= 11 is 0. The number of unbranched alkanes of at least 4 members (excludes halogenated alkanes) is 3. The number of nitrogens with zero attached hydrogens (tertiary/aromatic N) is 1. The standard InChI is InChI=1S/C15H22F3NO.2C2H6/c1-3-4-5-6-11-19(2)12-13-7-9-14(10-8-13)20-15(16,17)18;2*1-2/h7-10H,3-6,11-12H2,1-2H3;2*1-2H3. The molecule has 24 heavy (non-hydrogen) atoms. The minimum Gasteiger partial charge on any atom is -0.406 e. The van der Waals surface area contributed by atoms with E-state index < -0.39 is 6.36 Å². The molecule has 0 saturated heterocycles. The number of benzene rings is 1. The fourth-order valence-corrected chi connectivity index (χ4v) is 2.00. The topological polar surface area (TPSA) is 12.5 Å². The first-order valence-electron chi connectivity index (χ1n) is 8.94. The van der Waals surface area contributed by atoms with Crippen molar-refractivity contribution in [2.75, 3.05) is 13.6 Å². The summed E-state index contributed by atoms with van der Waals surface area (Å²) in [6, 6.07) is 6.05. The maximum atomic E-state index is 12.0. The molecule has 0 aliphatic rings. The highest BCUT2D eigenvalue weighted by molar-refractivity contribution is 5.27. The first kappa shape index (κ1) is 25.0. The molecule has 0 saturated carbocycles. The zero-order chi connectivity index (χ0) is 19.0. The van der Waals surface area contributed by atoms with Gasteiger partial charge in [-0.05, 0) is 37.7 Å². The van der Waals surface area contributed by atoms with Crippen LogP contribution in [0.5, 0.6) is 5.75 Å². The number of hydrogen-bond donors (Lipinski definition) is 0. The van der Waals surface area contributed by atoms with Crippen molar-refractivity contribution in [3.05, 3.63) is 29.8 Å². The van der Waals surface area contributed by atoms with Gasteiger partial charge in [-0.15, -0.1) is 13.2 Å². The highest BCUT2D eigenvalue weighted by Crippen LogP contribution is 2.23. The maximum Gasteiger partial charge on any atom is 0.573 e. The highest BCUT2D eigenvalue weighted by atomic mass is 19.4. The zero-order valence-corrected chi connectivity index (χ0v) is 16.0. The highest BCUT2D eigenvalue weighted by Gasteiger charge is 2.30. The molecular weight excluding hydrogens is 315 g/mol. The lowest BCUT2D eigenvalue weighted by molar-refractivity contribution is -0.274. The van der Waals surface area contributed by atoms with Gasteiger partial charge in [-0.1, -0.05) is 66.0 Å². The van der Waals surface area contributed by atoms with E-state index in [1.807, 2.05) is 34.7 Å². The van der Waals surface area contributed by atoms with E-state index >= 15 is 0 Å². The Morgan fingerprint density at radius 3 is 1.92 bits per heavy atom. The van der Waals surface area contributed by atoms with Crippen LogP contribution in [0.25, 0.3) is 0 Å². The monoisotopic (exact) mass is 349 g/mol. The molecule has 2 nitrogen and oxygen atoms in total. The molecule has 1 aromatic carbocycles. The van der Waals surface area contributed by atoms with E-state index in [1.165, 1.54) is 31.4 Å². The summed E-state index contributed by atoms with van der Waals surface area (Å²) in [4.78, 5) is 2.18. The number of ether oxygens (including phenoxy) is 1. The Morgan fingerprint density at radius 1 is 0.917 bits per heavy atom. The van der Waals surface area contributed by atoms with E-state index in [9.17, 15) is 13.2 Å². The van der Waals surface area contributed by atoms with Crippen molar-refractivity contribution in [2.24, 2.45) is 0 Å². The van der Waals surface area contributed by atoms with E-state index in [0.717, 1.165) is 25.1 Å². The molecule has 0 atom stereocenters. The van der Waals surface area contributed by atoms with Gasteiger partial charge in [0.1, 0.15) is 5.75 Å². The van der Waals surface area contributed by atoms with E-state index in [1.54, 1.807) is 12.1 Å². The molecule has 0 amide bonds. The second-order valence-corrected chi connectivity index (χ2v) is 4.99. The normalized spacial score (nSPS) is 10.4. The summed E-state index contributed by atoms with van der Waals surface area (Å²) in [5.41, 5.74) is 0.984. The molecule has 0 aromatic heterocycles. The Labute approximate surface area is 146 Å². The van der Waals surface area contributed by atoms with Crippen LogP contribution in [-0.2, 0) is 6.54 Å². The first-order chi connectivity index (χ1) is 11.4. The lowest BCUT2D eigenvalue weighted by Gasteiger charge is -2.17. The summed E-state index contributed by atoms with van der Waals surface area (Å²) in [7, 11) is 2.02. The molecule has 1 aromatic rings. The Morgan fingerprint density at radius 2 is 1.46 bits per heavy atom. The lowest BCUT2D eigenvalue weighted by atomic mass is 10.2. The van der Waals surface area contributed by atoms with Crippen molar-refractivity contribution >= 4 is 0 Å². The van der Waals surface area contributed by atoms with Crippen LogP contribution in [-0.4, -0.2) is 24.9 Å². The van der Waals surface area contributed by atoms with Crippen LogP contribution < -0.4 is 4.74 Å². The molecule has 142 valence electrons. The van der Waals surface area contributed by atoms with Gasteiger partial charge < -0.3 is 9.64 Å². The van der Waals surface area contributed by atoms with Crippen molar-refractivity contribution in [1.29, 1.82) is 0 Å². The second kappa shape index (κ2) is 15.3. The molecule has 0 fully saturated rings. The number of alkyl halides is 3. The molecular formula is C19H34F3NO. The van der Waals surface area contributed by atoms with E-state index in [2.05, 4.69) is 16.6 Å². The van der Waals surface area contributed by atoms with Gasteiger partial charge in [-0.25, -0.2) is 0 Å². The Hall–Kier alpha value is -1.23. The minimum absolute atomic E-state index is 0.174. The first-order valence-corrected chi connectivity index (χ1v) is 8.94. The summed E-state index contributed by atoms with van der Waals surface area (Å²) in [6.45, 7) is 11.9. The Bertz CT molecular complexity index is 377. The van der Waals surface area contributed by atoms with E-state index in [0.29, 0.717) is 0 Å². The number of hydrogen-bond acceptors (Lipinski definition) is 2. The van der Waals surface area contributed by atoms with Gasteiger partial charge in [0.25, 0.3) is 0 Å². The summed E-state index contributed by atoms with van der Waals surface area (Å²) in [6.07, 6.45) is 0.206. The van der Waals surface area contributed by atoms with Gasteiger partial charge in [0.2, 0.25) is 0 Å². The molecule has 0 N–H and O–H groups in total. The minimum atomic E-state index is -4.63. The molecule has 1 rings (SSSR count). The van der Waals surface area contributed by atoms with Crippen molar-refractivity contribution in [3.63, 3.8) is 0 Å². The lowest BCUT2D eigenvalue weighted by Crippen LogP contribution is -2.19. The third-order valence-corrected chi connectivity index (χ3v) is 3.00. The van der Waals surface area contributed by atoms with Crippen LogP contribution in [0.3, 0.4) is 0 Å². The maximum absolute atomic E-state index is 12.0. The van der Waals surface area contributed by atoms with Crippen molar-refractivity contribution in [2.45, 2.75) is 73.2 Å². The van der Waals surface area contributed by atoms with Crippen LogP contribution in [0.1, 0.15) is 65.9 Å². The molecule has 5 heteroatoms. The van der Waals surface area contributed by atoms with Gasteiger partial charge in [0.05, 0.1) is 0 Å². The van der Waals surface area contributed by atoms with Crippen LogP contribution in [0, 0.1) is 0 Å². The van der Waals surface area contributed by atoms with Crippen LogP contribution in [0.15, 0.2) is 24.3 Å². The molecule has 0 aliphatic carbocycles. The summed E-state index contributed by atoms with van der Waals surface area (Å²) in [5.74, 6) is -0.174. The number of halogens is 3. The smallest absolute Gasteiger partial charge is 0.406 e. The summed E-state index contributed by atoms with van der Waals surface area (Å²) < 4.78 is 39.9. The molecule has 0 radical (unpaired) electrons. The molecule has 0 bridgehead atoms. The predicted octanol–water partition coefficient (Wildman–Crippen LogP) is 6.65. The zero-order valence-electron chi connectivity index (χ0n) is 16.0. The third kappa shape index (κ3) is 14.4. The van der Waals surface area contributed by atoms with Crippen LogP contribution in [0.4, 0.5) is 13.2 Å². The van der Waals surface area contributed by atoms with Crippen molar-refractivity contribution < 1.29 is 17.9 Å². The molecule has 0 spiro atoms. The molecule has 0 heterocycles. The third-order valence-electron chi connectivity index (χ3n) is 3.00. The Balaban J connectivity index is 0. The van der Waals surface area contributed by atoms with Gasteiger partial charge in [-0.3, -0.25) is 0 Å². The number of rotatable bonds is 8. The fraction of sp³-hybridized carbons (Fsp3) is 0.684. The van der Waals surface area contributed by atoms with Gasteiger partial charge in [0.15, 0.2) is 0 Å². The van der Waals surface area contributed by atoms with Gasteiger partial charge >= 0.3 is 6.36 Å². The van der Waals surface area contributed by atoms with Gasteiger partial charge in [0, 0.05) is 6.54 Å². The molecule has 0 aliphatic heterocycles. The average molecular weight is 349 g/mol. The Kier molecular flexibility index (Phi) is 16.0. The van der Waals surface area contributed by atoms with E-state index in [-0.39, 0.29) is 5.75 Å². The predicted molar refractivity (Wildman–Crippen MR) is 96.3 cm³/mol. The van der Waals surface area contributed by atoms with E-state index in [4.69, 9.17) is 0 Å². The van der Waals surface area contributed by atoms with Crippen molar-refractivity contribution in [1.82, 2.24) is 4.90 Å².